The summed E-state index contributed by atoms with van der Waals surface area (Å²) in [4.78, 5) is 14.0. The number of rotatable bonds is 2. The number of carbonyl (C=O) groups excluding carboxylic acids is 1. The first-order valence-corrected chi connectivity index (χ1v) is 8.42. The average molecular weight is 316 g/mol. The fraction of sp³-hybridized carbons (Fsp3) is 0.188. The topological polar surface area (TPSA) is 57.7 Å². The van der Waals surface area contributed by atoms with E-state index in [9.17, 15) is 13.2 Å². The van der Waals surface area contributed by atoms with Crippen LogP contribution in [0.1, 0.15) is 12.5 Å². The SMILES string of the molecule is CCc1ccc(N2C(=O)N(C)c3ccccc3S2(=O)=O)cc1. The Balaban J connectivity index is 2.18. The highest BCUT2D eigenvalue weighted by Crippen LogP contribution is 2.36. The van der Waals surface area contributed by atoms with Gasteiger partial charge < -0.3 is 0 Å². The van der Waals surface area contributed by atoms with Crippen LogP contribution in [0.5, 0.6) is 0 Å². The van der Waals surface area contributed by atoms with Crippen molar-refractivity contribution in [3.05, 3.63) is 54.1 Å². The van der Waals surface area contributed by atoms with E-state index >= 15 is 0 Å². The minimum atomic E-state index is -3.90. The van der Waals surface area contributed by atoms with Crippen molar-refractivity contribution in [2.24, 2.45) is 0 Å². The van der Waals surface area contributed by atoms with Gasteiger partial charge in [-0.25, -0.2) is 13.2 Å². The van der Waals surface area contributed by atoms with Gasteiger partial charge in [-0.1, -0.05) is 31.2 Å². The van der Waals surface area contributed by atoms with Gasteiger partial charge in [0.2, 0.25) is 0 Å². The lowest BCUT2D eigenvalue weighted by molar-refractivity contribution is 0.255. The summed E-state index contributed by atoms with van der Waals surface area (Å²) >= 11 is 0. The molecule has 22 heavy (non-hydrogen) atoms. The molecular formula is C16H16N2O3S. The predicted octanol–water partition coefficient (Wildman–Crippen LogP) is 3.01. The van der Waals surface area contributed by atoms with Crippen LogP contribution in [0.15, 0.2) is 53.4 Å². The first-order chi connectivity index (χ1) is 10.5. The van der Waals surface area contributed by atoms with Gasteiger partial charge in [-0.15, -0.1) is 0 Å². The molecular weight excluding hydrogens is 300 g/mol. The smallest absolute Gasteiger partial charge is 0.295 e. The average Bonchev–Trinajstić information content (AvgIpc) is 2.53. The van der Waals surface area contributed by atoms with E-state index in [1.54, 1.807) is 37.4 Å². The molecule has 6 heteroatoms. The van der Waals surface area contributed by atoms with Gasteiger partial charge in [-0.3, -0.25) is 4.90 Å². The number of sulfonamides is 1. The van der Waals surface area contributed by atoms with E-state index in [0.717, 1.165) is 16.3 Å². The summed E-state index contributed by atoms with van der Waals surface area (Å²) in [6.07, 6.45) is 0.851. The molecule has 2 aromatic rings. The maximum atomic E-state index is 12.8. The first-order valence-electron chi connectivity index (χ1n) is 6.98. The monoisotopic (exact) mass is 316 g/mol. The second kappa shape index (κ2) is 5.14. The molecule has 0 spiro atoms. The zero-order chi connectivity index (χ0) is 15.9. The lowest BCUT2D eigenvalue weighted by Gasteiger charge is -2.34. The number of hydrogen-bond acceptors (Lipinski definition) is 3. The zero-order valence-electron chi connectivity index (χ0n) is 12.4. The maximum absolute atomic E-state index is 12.8. The highest BCUT2D eigenvalue weighted by Gasteiger charge is 2.40. The summed E-state index contributed by atoms with van der Waals surface area (Å²) in [7, 11) is -2.32. The van der Waals surface area contributed by atoms with Gasteiger partial charge >= 0.3 is 6.03 Å². The van der Waals surface area contributed by atoms with Gasteiger partial charge in [0.05, 0.1) is 11.4 Å². The first kappa shape index (κ1) is 14.6. The summed E-state index contributed by atoms with van der Waals surface area (Å²) in [5.41, 5.74) is 1.83. The third-order valence-corrected chi connectivity index (χ3v) is 5.53. The number of fused-ring (bicyclic) bond motifs is 1. The molecule has 2 aromatic carbocycles. The molecule has 5 nitrogen and oxygen atoms in total. The largest absolute Gasteiger partial charge is 0.342 e. The number of amides is 2. The summed E-state index contributed by atoms with van der Waals surface area (Å²) in [6, 6.07) is 12.9. The Hall–Kier alpha value is -2.34. The van der Waals surface area contributed by atoms with Crippen molar-refractivity contribution < 1.29 is 13.2 Å². The molecule has 1 aliphatic heterocycles. The lowest BCUT2D eigenvalue weighted by atomic mass is 10.1. The molecule has 3 rings (SSSR count). The Bertz CT molecular complexity index is 829. The third kappa shape index (κ3) is 2.07. The fourth-order valence-corrected chi connectivity index (χ4v) is 4.15. The van der Waals surface area contributed by atoms with Crippen LogP contribution in [0.25, 0.3) is 0 Å². The van der Waals surface area contributed by atoms with Gasteiger partial charge in [-0.05, 0) is 36.2 Å². The molecule has 0 N–H and O–H groups in total. The Morgan fingerprint density at radius 1 is 1.00 bits per heavy atom. The van der Waals surface area contributed by atoms with E-state index in [1.165, 1.54) is 11.0 Å². The lowest BCUT2D eigenvalue weighted by Crippen LogP contribution is -2.49. The molecule has 0 radical (unpaired) electrons. The molecule has 0 saturated carbocycles. The van der Waals surface area contributed by atoms with Crippen LogP contribution < -0.4 is 9.21 Å². The molecule has 0 bridgehead atoms. The highest BCUT2D eigenvalue weighted by molar-refractivity contribution is 7.94. The van der Waals surface area contributed by atoms with E-state index < -0.39 is 16.1 Å². The van der Waals surface area contributed by atoms with Gasteiger partial charge in [0.15, 0.2) is 0 Å². The zero-order valence-corrected chi connectivity index (χ0v) is 13.2. The number of para-hydroxylation sites is 1. The van der Waals surface area contributed by atoms with E-state index in [0.29, 0.717) is 11.4 Å². The number of benzene rings is 2. The highest BCUT2D eigenvalue weighted by atomic mass is 32.2. The number of aryl methyl sites for hydroxylation is 1. The van der Waals surface area contributed by atoms with Crippen molar-refractivity contribution in [3.63, 3.8) is 0 Å². The number of hydrogen-bond donors (Lipinski definition) is 0. The quantitative estimate of drug-likeness (QED) is 0.856. The van der Waals surface area contributed by atoms with Crippen molar-refractivity contribution in [2.75, 3.05) is 16.3 Å². The molecule has 0 aliphatic carbocycles. The molecule has 0 fully saturated rings. The molecule has 0 aromatic heterocycles. The molecule has 1 heterocycles. The molecule has 0 unspecified atom stereocenters. The van der Waals surface area contributed by atoms with E-state index in [1.807, 2.05) is 19.1 Å². The second-order valence-electron chi connectivity index (χ2n) is 5.10. The molecule has 1 aliphatic rings. The summed E-state index contributed by atoms with van der Waals surface area (Å²) < 4.78 is 26.4. The number of carbonyl (C=O) groups is 1. The summed E-state index contributed by atoms with van der Waals surface area (Å²) in [5.74, 6) is 0. The van der Waals surface area contributed by atoms with Crippen molar-refractivity contribution in [1.82, 2.24) is 0 Å². The van der Waals surface area contributed by atoms with E-state index in [-0.39, 0.29) is 4.90 Å². The Labute approximate surface area is 129 Å². The number of nitrogens with zero attached hydrogens (tertiary/aromatic N) is 2. The van der Waals surface area contributed by atoms with Crippen molar-refractivity contribution in [1.29, 1.82) is 0 Å². The van der Waals surface area contributed by atoms with Crippen LogP contribution >= 0.6 is 0 Å². The van der Waals surface area contributed by atoms with Crippen LogP contribution in [-0.4, -0.2) is 21.5 Å². The van der Waals surface area contributed by atoms with Crippen molar-refractivity contribution in [2.45, 2.75) is 18.2 Å². The normalized spacial score (nSPS) is 16.5. The fourth-order valence-electron chi connectivity index (χ4n) is 2.51. The van der Waals surface area contributed by atoms with Crippen LogP contribution in [0.2, 0.25) is 0 Å². The van der Waals surface area contributed by atoms with Gasteiger partial charge in [-0.2, -0.15) is 4.31 Å². The van der Waals surface area contributed by atoms with Crippen LogP contribution in [-0.2, 0) is 16.4 Å². The predicted molar refractivity (Wildman–Crippen MR) is 85.7 cm³/mol. The maximum Gasteiger partial charge on any atom is 0.342 e. The Morgan fingerprint density at radius 3 is 2.27 bits per heavy atom. The van der Waals surface area contributed by atoms with Gasteiger partial charge in [0.1, 0.15) is 4.90 Å². The molecule has 0 atom stereocenters. The minimum absolute atomic E-state index is 0.136. The molecule has 2 amide bonds. The number of anilines is 2. The van der Waals surface area contributed by atoms with E-state index in [4.69, 9.17) is 0 Å². The Morgan fingerprint density at radius 2 is 1.64 bits per heavy atom. The minimum Gasteiger partial charge on any atom is -0.295 e. The van der Waals surface area contributed by atoms with Crippen LogP contribution in [0.3, 0.4) is 0 Å². The van der Waals surface area contributed by atoms with Crippen molar-refractivity contribution >= 4 is 27.4 Å². The van der Waals surface area contributed by atoms with Gasteiger partial charge in [0.25, 0.3) is 10.0 Å². The van der Waals surface area contributed by atoms with Crippen LogP contribution in [0.4, 0.5) is 16.2 Å². The number of urea groups is 1. The summed E-state index contributed by atoms with van der Waals surface area (Å²) in [6.45, 7) is 2.02. The second-order valence-corrected chi connectivity index (χ2v) is 6.85. The van der Waals surface area contributed by atoms with Crippen LogP contribution in [0, 0.1) is 0 Å². The van der Waals surface area contributed by atoms with E-state index in [2.05, 4.69) is 0 Å². The summed E-state index contributed by atoms with van der Waals surface area (Å²) in [5, 5.41) is 0. The van der Waals surface area contributed by atoms with Gasteiger partial charge in [0, 0.05) is 7.05 Å². The van der Waals surface area contributed by atoms with Crippen molar-refractivity contribution in [3.8, 4) is 0 Å². The standard InChI is InChI=1S/C16H16N2O3S/c1-3-12-8-10-13(11-9-12)18-16(19)17(2)14-6-4-5-7-15(14)22(18,20)21/h4-11H,3H2,1-2H3. The molecule has 0 saturated heterocycles. The Kier molecular flexibility index (Phi) is 3.41. The third-order valence-electron chi connectivity index (χ3n) is 3.78. The molecule has 114 valence electrons.